The summed E-state index contributed by atoms with van der Waals surface area (Å²) in [7, 11) is 0. The van der Waals surface area contributed by atoms with Gasteiger partial charge in [-0.3, -0.25) is 9.59 Å². The largest absolute Gasteiger partial charge is 0.431 e. The number of nitrogens with one attached hydrogen (secondary N) is 1. The summed E-state index contributed by atoms with van der Waals surface area (Å²) >= 11 is 1.52. The number of hydrogen-bond donors (Lipinski definition) is 2. The van der Waals surface area contributed by atoms with Gasteiger partial charge in [-0.1, -0.05) is 129 Å². The molecule has 0 radical (unpaired) electrons. The highest BCUT2D eigenvalue weighted by Crippen LogP contribution is 2.41. The second-order valence-corrected chi connectivity index (χ2v) is 14.0. The van der Waals surface area contributed by atoms with E-state index in [0.29, 0.717) is 42.4 Å². The number of ether oxygens (including phenoxy) is 2. The first-order valence-corrected chi connectivity index (χ1v) is 19.1. The number of hydrogen-bond acceptors (Lipinski definition) is 8. The summed E-state index contributed by atoms with van der Waals surface area (Å²) in [5.41, 5.74) is 6.17. The number of rotatable bonds is 17. The van der Waals surface area contributed by atoms with Crippen LogP contribution in [0.15, 0.2) is 119 Å². The zero-order valence-electron chi connectivity index (χ0n) is 29.5. The number of Topliss-reactive ketones (excluding diaryl/α,β-unsaturated/α-hetero) is 1. The number of oxazole rings is 1. The summed E-state index contributed by atoms with van der Waals surface area (Å²) in [5.74, 6) is 1.61. The molecule has 1 aromatic heterocycles. The number of nitrogens with zero attached hydrogens (tertiary/aromatic N) is 1. The minimum Gasteiger partial charge on any atom is -0.431 e. The summed E-state index contributed by atoms with van der Waals surface area (Å²) in [6.07, 6.45) is 4.84. The van der Waals surface area contributed by atoms with Gasteiger partial charge in [-0.15, -0.1) is 0 Å². The molecule has 0 bridgehead atoms. The Kier molecular flexibility index (Phi) is 13.5. The van der Waals surface area contributed by atoms with Crippen molar-refractivity contribution in [2.75, 3.05) is 11.1 Å². The van der Waals surface area contributed by atoms with Crippen molar-refractivity contribution in [1.82, 2.24) is 4.98 Å². The van der Waals surface area contributed by atoms with Gasteiger partial charge >= 0.3 is 0 Å². The van der Waals surface area contributed by atoms with Gasteiger partial charge in [-0.05, 0) is 36.1 Å². The van der Waals surface area contributed by atoms with Crippen molar-refractivity contribution in [2.24, 2.45) is 0 Å². The Morgan fingerprint density at radius 2 is 1.44 bits per heavy atom. The highest BCUT2D eigenvalue weighted by atomic mass is 32.2. The van der Waals surface area contributed by atoms with Gasteiger partial charge in [-0.2, -0.15) is 0 Å². The van der Waals surface area contributed by atoms with E-state index in [9.17, 15) is 14.7 Å². The maximum absolute atomic E-state index is 12.6. The molecular weight excluding hydrogens is 673 g/mol. The number of aliphatic hydroxyl groups is 1. The van der Waals surface area contributed by atoms with E-state index in [2.05, 4.69) is 5.32 Å². The zero-order chi connectivity index (χ0) is 36.1. The molecule has 270 valence electrons. The van der Waals surface area contributed by atoms with Crippen molar-refractivity contribution < 1.29 is 28.6 Å². The van der Waals surface area contributed by atoms with Gasteiger partial charge in [0.2, 0.25) is 5.91 Å². The third-order valence-corrected chi connectivity index (χ3v) is 10.1. The second-order valence-electron chi connectivity index (χ2n) is 13.0. The summed E-state index contributed by atoms with van der Waals surface area (Å²) < 4.78 is 19.5. The molecule has 0 saturated carbocycles. The molecule has 9 heteroatoms. The first-order valence-electron chi connectivity index (χ1n) is 18.2. The molecule has 1 fully saturated rings. The third-order valence-electron chi connectivity index (χ3n) is 9.17. The van der Waals surface area contributed by atoms with Crippen molar-refractivity contribution in [1.29, 1.82) is 0 Å². The summed E-state index contributed by atoms with van der Waals surface area (Å²) in [6, 6.07) is 35.5. The lowest BCUT2D eigenvalue weighted by Gasteiger charge is -2.36. The maximum Gasteiger partial charge on any atom is 0.256 e. The Morgan fingerprint density at radius 1 is 0.788 bits per heavy atom. The van der Waals surface area contributed by atoms with E-state index < -0.39 is 6.29 Å². The molecule has 3 unspecified atom stereocenters. The van der Waals surface area contributed by atoms with Crippen LogP contribution in [0.5, 0.6) is 0 Å². The Hall–Kier alpha value is -4.54. The number of ketones is 1. The highest BCUT2D eigenvalue weighted by Gasteiger charge is 2.33. The third kappa shape index (κ3) is 10.3. The van der Waals surface area contributed by atoms with Gasteiger partial charge in [-0.25, -0.2) is 4.98 Å². The highest BCUT2D eigenvalue weighted by molar-refractivity contribution is 7.99. The van der Waals surface area contributed by atoms with E-state index in [1.807, 2.05) is 116 Å². The molecule has 0 aliphatic carbocycles. The monoisotopic (exact) mass is 718 g/mol. The van der Waals surface area contributed by atoms with E-state index in [1.54, 1.807) is 0 Å². The summed E-state index contributed by atoms with van der Waals surface area (Å²) in [4.78, 5) is 29.0. The van der Waals surface area contributed by atoms with Gasteiger partial charge < -0.3 is 24.3 Å². The molecule has 1 aliphatic rings. The number of carbonyl (C=O) groups excluding carboxylic acids is 2. The molecule has 5 aromatic rings. The quantitative estimate of drug-likeness (QED) is 0.0722. The first kappa shape index (κ1) is 37.2. The van der Waals surface area contributed by atoms with Crippen LogP contribution in [0, 0.1) is 0 Å². The molecule has 6 rings (SSSR count). The predicted molar refractivity (Wildman–Crippen MR) is 205 cm³/mol. The van der Waals surface area contributed by atoms with Crippen molar-refractivity contribution >= 4 is 29.1 Å². The van der Waals surface area contributed by atoms with Gasteiger partial charge in [0.15, 0.2) is 12.1 Å². The fourth-order valence-electron chi connectivity index (χ4n) is 6.21. The normalized spacial score (nSPS) is 17.2. The Morgan fingerprint density at radius 3 is 2.12 bits per heavy atom. The number of aromatic nitrogens is 1. The van der Waals surface area contributed by atoms with E-state index in [1.165, 1.54) is 11.8 Å². The van der Waals surface area contributed by atoms with Crippen molar-refractivity contribution in [3.63, 3.8) is 0 Å². The Balaban J connectivity index is 1.12. The predicted octanol–water partition coefficient (Wildman–Crippen LogP) is 10.1. The van der Waals surface area contributed by atoms with E-state index in [0.717, 1.165) is 70.6 Å². The van der Waals surface area contributed by atoms with Crippen molar-refractivity contribution in [2.45, 2.75) is 88.6 Å². The smallest absolute Gasteiger partial charge is 0.256 e. The average Bonchev–Trinajstić information content (AvgIpc) is 3.63. The Labute approximate surface area is 310 Å². The van der Waals surface area contributed by atoms with Crippen LogP contribution >= 0.6 is 11.8 Å². The lowest BCUT2D eigenvalue weighted by Crippen LogP contribution is -2.31. The SMILES string of the molecule is CCC(=O)CCCCCCC(=O)Nc1ccc(C2CC(CSc3nc(-c4ccccc4)c(-c4ccccc4)o3)OC(c3ccc(CO)cc3)O2)cc1. The van der Waals surface area contributed by atoms with Crippen LogP contribution in [0.2, 0.25) is 0 Å². The molecule has 4 aromatic carbocycles. The number of thioether (sulfide) groups is 1. The number of carbonyl (C=O) groups is 2. The minimum atomic E-state index is -0.610. The number of benzene rings is 4. The molecule has 1 saturated heterocycles. The van der Waals surface area contributed by atoms with Gasteiger partial charge in [0.1, 0.15) is 11.5 Å². The fourth-order valence-corrected chi connectivity index (χ4v) is 7.05. The number of unbranched alkanes of at least 4 members (excludes halogenated alkanes) is 3. The van der Waals surface area contributed by atoms with Crippen LogP contribution < -0.4 is 5.32 Å². The van der Waals surface area contributed by atoms with E-state index in [4.69, 9.17) is 18.9 Å². The molecule has 3 atom stereocenters. The molecule has 8 nitrogen and oxygen atoms in total. The van der Waals surface area contributed by atoms with Gasteiger partial charge in [0.05, 0.1) is 18.8 Å². The molecule has 1 aliphatic heterocycles. The fraction of sp³-hybridized carbons (Fsp3) is 0.326. The van der Waals surface area contributed by atoms with Crippen LogP contribution in [0.1, 0.15) is 87.4 Å². The lowest BCUT2D eigenvalue weighted by atomic mass is 10.0. The number of anilines is 1. The lowest BCUT2D eigenvalue weighted by molar-refractivity contribution is -0.245. The van der Waals surface area contributed by atoms with Gasteiger partial charge in [0, 0.05) is 53.8 Å². The van der Waals surface area contributed by atoms with Gasteiger partial charge in [0.25, 0.3) is 5.22 Å². The molecule has 1 amide bonds. The van der Waals surface area contributed by atoms with E-state index in [-0.39, 0.29) is 24.7 Å². The molecule has 52 heavy (non-hydrogen) atoms. The topological polar surface area (TPSA) is 111 Å². The first-order chi connectivity index (χ1) is 25.5. The number of amides is 1. The van der Waals surface area contributed by atoms with E-state index >= 15 is 0 Å². The standard InChI is InChI=1S/C43H46N2O6S/c1-2-36(47)17-11-3-4-12-18-39(48)44-35-25-23-31(24-26-35)38-27-37(49-42(50-38)34-21-19-30(28-46)20-22-34)29-52-43-45-40(32-13-7-5-8-14-32)41(51-43)33-15-9-6-10-16-33/h5-10,13-16,19-26,37-38,42,46H,2-4,11-12,17-18,27-29H2,1H3,(H,44,48). The summed E-state index contributed by atoms with van der Waals surface area (Å²) in [6.45, 7) is 1.86. The second kappa shape index (κ2) is 18.8. The molecule has 2 N–H and O–H groups in total. The van der Waals surface area contributed by atoms with Crippen LogP contribution in [0.4, 0.5) is 5.69 Å². The van der Waals surface area contributed by atoms with Crippen LogP contribution in [-0.4, -0.2) is 33.6 Å². The summed E-state index contributed by atoms with van der Waals surface area (Å²) in [5, 5.41) is 13.2. The minimum absolute atomic E-state index is 0.0134. The van der Waals surface area contributed by atoms with Crippen LogP contribution in [0.3, 0.4) is 0 Å². The molecule has 0 spiro atoms. The zero-order valence-corrected chi connectivity index (χ0v) is 30.4. The van der Waals surface area contributed by atoms with Crippen LogP contribution in [-0.2, 0) is 25.7 Å². The maximum atomic E-state index is 12.6. The Bertz CT molecular complexity index is 1800. The average molecular weight is 719 g/mol. The molecular formula is C43H46N2O6S. The van der Waals surface area contributed by atoms with Crippen molar-refractivity contribution in [3.05, 3.63) is 126 Å². The molecule has 2 heterocycles. The van der Waals surface area contributed by atoms with Crippen molar-refractivity contribution in [3.8, 4) is 22.6 Å². The van der Waals surface area contributed by atoms with Crippen LogP contribution in [0.25, 0.3) is 22.6 Å². The number of aliphatic hydroxyl groups excluding tert-OH is 1.